The summed E-state index contributed by atoms with van der Waals surface area (Å²) in [6.07, 6.45) is 1.38. The number of aliphatic hydroxyl groups is 1. The zero-order chi connectivity index (χ0) is 18.3. The van der Waals surface area contributed by atoms with Gasteiger partial charge in [-0.25, -0.2) is 0 Å². The van der Waals surface area contributed by atoms with E-state index in [9.17, 15) is 20.0 Å². The number of aryl methyl sites for hydroxylation is 1. The molecule has 1 unspecified atom stereocenters. The van der Waals surface area contributed by atoms with Crippen molar-refractivity contribution in [2.24, 2.45) is 0 Å². The molecule has 1 atom stereocenters. The molecule has 2 aromatic rings. The number of nitrogens with zero attached hydrogens (tertiary/aromatic N) is 1. The second kappa shape index (κ2) is 8.39. The highest BCUT2D eigenvalue weighted by Crippen LogP contribution is 2.14. The Kier molecular flexibility index (Phi) is 6.25. The Morgan fingerprint density at radius 1 is 1.12 bits per heavy atom. The topological polar surface area (TPSA) is 92.5 Å². The van der Waals surface area contributed by atoms with Crippen LogP contribution in [-0.4, -0.2) is 28.1 Å². The van der Waals surface area contributed by atoms with Crippen LogP contribution in [0.1, 0.15) is 24.5 Å². The Morgan fingerprint density at radius 2 is 1.76 bits per heavy atom. The number of nitrogens with one attached hydrogen (secondary N) is 1. The number of amides is 1. The van der Waals surface area contributed by atoms with Crippen molar-refractivity contribution in [1.29, 1.82) is 0 Å². The minimum atomic E-state index is -0.999. The number of nitro groups is 1. The number of rotatable bonds is 8. The second-order valence-electron chi connectivity index (χ2n) is 6.36. The molecule has 132 valence electrons. The molecule has 2 N–H and O–H groups in total. The van der Waals surface area contributed by atoms with Crippen LogP contribution < -0.4 is 5.32 Å². The third kappa shape index (κ3) is 6.35. The third-order valence-electron chi connectivity index (χ3n) is 3.97. The van der Waals surface area contributed by atoms with Gasteiger partial charge in [0.1, 0.15) is 0 Å². The molecule has 0 saturated carbocycles. The number of carbonyl (C=O) groups is 1. The van der Waals surface area contributed by atoms with Crippen LogP contribution >= 0.6 is 0 Å². The van der Waals surface area contributed by atoms with E-state index in [0.717, 1.165) is 12.0 Å². The molecule has 2 rings (SSSR count). The van der Waals surface area contributed by atoms with Crippen molar-refractivity contribution in [2.45, 2.75) is 31.8 Å². The first kappa shape index (κ1) is 18.6. The van der Waals surface area contributed by atoms with Crippen LogP contribution in [0.25, 0.3) is 0 Å². The fourth-order valence-corrected chi connectivity index (χ4v) is 2.42. The van der Waals surface area contributed by atoms with Gasteiger partial charge < -0.3 is 10.4 Å². The zero-order valence-electron chi connectivity index (χ0n) is 14.1. The highest BCUT2D eigenvalue weighted by molar-refractivity contribution is 5.78. The maximum atomic E-state index is 12.0. The highest BCUT2D eigenvalue weighted by Gasteiger charge is 2.21. The predicted octanol–water partition coefficient (Wildman–Crippen LogP) is 2.64. The number of non-ortho nitro benzene ring substituents is 1. The fourth-order valence-electron chi connectivity index (χ4n) is 2.42. The van der Waals surface area contributed by atoms with Gasteiger partial charge in [-0.3, -0.25) is 14.9 Å². The van der Waals surface area contributed by atoms with Crippen LogP contribution in [0.3, 0.4) is 0 Å². The molecule has 1 amide bonds. The Balaban J connectivity index is 1.78. The van der Waals surface area contributed by atoms with Gasteiger partial charge in [-0.2, -0.15) is 0 Å². The smallest absolute Gasteiger partial charge is 0.269 e. The van der Waals surface area contributed by atoms with Gasteiger partial charge >= 0.3 is 0 Å². The normalized spacial score (nSPS) is 13.0. The van der Waals surface area contributed by atoms with Gasteiger partial charge in [0.25, 0.3) is 5.69 Å². The van der Waals surface area contributed by atoms with Crippen LogP contribution in [0.4, 0.5) is 5.69 Å². The van der Waals surface area contributed by atoms with E-state index in [-0.39, 0.29) is 24.6 Å². The SMILES string of the molecule is CC(O)(CCc1ccccc1)CNC(=O)Cc1ccc([N+](=O)[O-])cc1. The van der Waals surface area contributed by atoms with E-state index in [2.05, 4.69) is 5.32 Å². The lowest BCUT2D eigenvalue weighted by Gasteiger charge is -2.23. The molecule has 0 spiro atoms. The molecule has 0 heterocycles. The Bertz CT molecular complexity index is 712. The van der Waals surface area contributed by atoms with E-state index in [1.165, 1.54) is 12.1 Å². The van der Waals surface area contributed by atoms with Crippen molar-refractivity contribution in [3.63, 3.8) is 0 Å². The van der Waals surface area contributed by atoms with Gasteiger partial charge in [0.2, 0.25) is 5.91 Å². The summed E-state index contributed by atoms with van der Waals surface area (Å²) in [5.74, 6) is -0.228. The van der Waals surface area contributed by atoms with E-state index in [0.29, 0.717) is 12.0 Å². The zero-order valence-corrected chi connectivity index (χ0v) is 14.1. The lowest BCUT2D eigenvalue weighted by atomic mass is 9.96. The molecular weight excluding hydrogens is 320 g/mol. The van der Waals surface area contributed by atoms with E-state index in [1.807, 2.05) is 30.3 Å². The second-order valence-corrected chi connectivity index (χ2v) is 6.36. The van der Waals surface area contributed by atoms with Gasteiger partial charge in [0.15, 0.2) is 0 Å². The van der Waals surface area contributed by atoms with Gasteiger partial charge in [-0.1, -0.05) is 42.5 Å². The molecule has 0 aliphatic heterocycles. The molecule has 0 radical (unpaired) electrons. The molecular formula is C19H22N2O4. The first-order valence-corrected chi connectivity index (χ1v) is 8.12. The Morgan fingerprint density at radius 3 is 2.36 bits per heavy atom. The molecule has 6 heteroatoms. The first-order chi connectivity index (χ1) is 11.9. The Hall–Kier alpha value is -2.73. The van der Waals surface area contributed by atoms with E-state index in [4.69, 9.17) is 0 Å². The molecule has 0 fully saturated rings. The molecule has 0 bridgehead atoms. The van der Waals surface area contributed by atoms with Crippen LogP contribution in [0.5, 0.6) is 0 Å². The molecule has 0 saturated heterocycles. The van der Waals surface area contributed by atoms with Crippen molar-refractivity contribution in [1.82, 2.24) is 5.32 Å². The van der Waals surface area contributed by atoms with Crippen molar-refractivity contribution in [3.8, 4) is 0 Å². The van der Waals surface area contributed by atoms with Gasteiger partial charge in [-0.05, 0) is 30.9 Å². The average Bonchev–Trinajstić information content (AvgIpc) is 2.60. The summed E-state index contributed by atoms with van der Waals surface area (Å²) in [4.78, 5) is 22.1. The summed E-state index contributed by atoms with van der Waals surface area (Å²) in [6.45, 7) is 1.85. The van der Waals surface area contributed by atoms with Gasteiger partial charge in [-0.15, -0.1) is 0 Å². The molecule has 6 nitrogen and oxygen atoms in total. The van der Waals surface area contributed by atoms with Crippen molar-refractivity contribution < 1.29 is 14.8 Å². The molecule has 25 heavy (non-hydrogen) atoms. The quantitative estimate of drug-likeness (QED) is 0.570. The minimum absolute atomic E-state index is 0.00648. The number of nitro benzene ring substituents is 1. The lowest BCUT2D eigenvalue weighted by Crippen LogP contribution is -2.41. The summed E-state index contributed by atoms with van der Waals surface area (Å²) in [7, 11) is 0. The number of benzene rings is 2. The van der Waals surface area contributed by atoms with E-state index >= 15 is 0 Å². The predicted molar refractivity (Wildman–Crippen MR) is 95.2 cm³/mol. The maximum absolute atomic E-state index is 12.0. The van der Waals surface area contributed by atoms with Crippen molar-refractivity contribution in [3.05, 3.63) is 75.8 Å². The first-order valence-electron chi connectivity index (χ1n) is 8.12. The summed E-state index contributed by atoms with van der Waals surface area (Å²) in [5.41, 5.74) is 0.820. The van der Waals surface area contributed by atoms with E-state index in [1.54, 1.807) is 19.1 Å². The summed E-state index contributed by atoms with van der Waals surface area (Å²) >= 11 is 0. The van der Waals surface area contributed by atoms with E-state index < -0.39 is 10.5 Å². The fraction of sp³-hybridized carbons (Fsp3) is 0.316. The Labute approximate surface area is 146 Å². The largest absolute Gasteiger partial charge is 0.388 e. The minimum Gasteiger partial charge on any atom is -0.388 e. The molecule has 0 aliphatic carbocycles. The molecule has 0 aromatic heterocycles. The number of hydrogen-bond acceptors (Lipinski definition) is 4. The third-order valence-corrected chi connectivity index (χ3v) is 3.97. The van der Waals surface area contributed by atoms with Crippen LogP contribution in [-0.2, 0) is 17.6 Å². The molecule has 2 aromatic carbocycles. The number of hydrogen-bond donors (Lipinski definition) is 2. The highest BCUT2D eigenvalue weighted by atomic mass is 16.6. The van der Waals surface area contributed by atoms with Crippen LogP contribution in [0, 0.1) is 10.1 Å². The molecule has 0 aliphatic rings. The monoisotopic (exact) mass is 342 g/mol. The summed E-state index contributed by atoms with van der Waals surface area (Å²) in [6, 6.07) is 15.7. The lowest BCUT2D eigenvalue weighted by molar-refractivity contribution is -0.384. The van der Waals surface area contributed by atoms with Gasteiger partial charge in [0, 0.05) is 18.7 Å². The van der Waals surface area contributed by atoms with Crippen LogP contribution in [0.2, 0.25) is 0 Å². The average molecular weight is 342 g/mol. The van der Waals surface area contributed by atoms with Crippen LogP contribution in [0.15, 0.2) is 54.6 Å². The summed E-state index contributed by atoms with van der Waals surface area (Å²) in [5, 5.41) is 23.7. The number of carbonyl (C=O) groups excluding carboxylic acids is 1. The summed E-state index contributed by atoms with van der Waals surface area (Å²) < 4.78 is 0. The standard InChI is InChI=1S/C19H22N2O4/c1-19(23,12-11-15-5-3-2-4-6-15)14-20-18(22)13-16-7-9-17(10-8-16)21(24)25/h2-10,23H,11-14H2,1H3,(H,20,22). The van der Waals surface area contributed by atoms with Crippen molar-refractivity contribution in [2.75, 3.05) is 6.54 Å². The maximum Gasteiger partial charge on any atom is 0.269 e. The van der Waals surface area contributed by atoms with Crippen molar-refractivity contribution >= 4 is 11.6 Å². The van der Waals surface area contributed by atoms with Gasteiger partial charge in [0.05, 0.1) is 16.9 Å².